The third-order valence-corrected chi connectivity index (χ3v) is 7.83. The number of rotatable bonds is 10. The van der Waals surface area contributed by atoms with Crippen LogP contribution < -0.4 is 9.47 Å². The number of halogens is 1. The number of hydrogen-bond donors (Lipinski definition) is 0. The smallest absolute Gasteiger partial charge is 0.337 e. The molecule has 2 aromatic carbocycles. The van der Waals surface area contributed by atoms with Gasteiger partial charge in [-0.15, -0.1) is 0 Å². The van der Waals surface area contributed by atoms with Gasteiger partial charge in [-0.1, -0.05) is 6.07 Å². The van der Waals surface area contributed by atoms with E-state index in [-0.39, 0.29) is 36.1 Å². The minimum absolute atomic E-state index is 0.0145. The van der Waals surface area contributed by atoms with Crippen molar-refractivity contribution in [3.63, 3.8) is 0 Å². The van der Waals surface area contributed by atoms with Crippen molar-refractivity contribution in [2.75, 3.05) is 26.8 Å². The van der Waals surface area contributed by atoms with E-state index in [0.29, 0.717) is 30.2 Å². The number of fused-ring (bicyclic) bond motifs is 1. The summed E-state index contributed by atoms with van der Waals surface area (Å²) >= 11 is 0. The Hall–Kier alpha value is -4.53. The van der Waals surface area contributed by atoms with E-state index in [9.17, 15) is 9.18 Å². The molecule has 2 saturated heterocycles. The Morgan fingerprint density at radius 1 is 1.12 bits per heavy atom. The molecule has 222 valence electrons. The lowest BCUT2D eigenvalue weighted by Gasteiger charge is -2.32. The molecule has 1 atom stereocenters. The topological polar surface area (TPSA) is 112 Å². The molecule has 2 aliphatic heterocycles. The van der Waals surface area contributed by atoms with Crippen molar-refractivity contribution < 1.29 is 28.1 Å². The van der Waals surface area contributed by atoms with Crippen molar-refractivity contribution in [3.05, 3.63) is 83.1 Å². The molecule has 2 fully saturated rings. The Morgan fingerprint density at radius 2 is 1.95 bits per heavy atom. The first kappa shape index (κ1) is 28.6. The van der Waals surface area contributed by atoms with Gasteiger partial charge >= 0.3 is 5.97 Å². The second-order valence-electron chi connectivity index (χ2n) is 10.7. The lowest BCUT2D eigenvalue weighted by atomic mass is 10.1. The third-order valence-electron chi connectivity index (χ3n) is 7.83. The first-order chi connectivity index (χ1) is 21.0. The lowest BCUT2D eigenvalue weighted by molar-refractivity contribution is -0.0592. The van der Waals surface area contributed by atoms with Crippen molar-refractivity contribution in [1.29, 1.82) is 5.26 Å². The fourth-order valence-electron chi connectivity index (χ4n) is 5.37. The van der Waals surface area contributed by atoms with E-state index >= 15 is 0 Å². The number of nitriles is 1. The lowest BCUT2D eigenvalue weighted by Crippen LogP contribution is -2.39. The summed E-state index contributed by atoms with van der Waals surface area (Å²) in [6.07, 6.45) is 2.83. The van der Waals surface area contributed by atoms with E-state index in [2.05, 4.69) is 14.5 Å². The van der Waals surface area contributed by atoms with Crippen LogP contribution in [-0.2, 0) is 29.2 Å². The van der Waals surface area contributed by atoms with Gasteiger partial charge in [0.2, 0.25) is 5.88 Å². The monoisotopic (exact) mass is 585 g/mol. The number of likely N-dealkylation sites (tertiary alicyclic amines) is 1. The fraction of sp³-hybridized carbons (Fsp3) is 0.375. The standard InChI is InChI=1S/C32H32FN5O5/c1-40-32(39)22-6-7-27-28(16-22)38(18-25-11-14-41-25)30(36-27)19-37-12-9-24(10-13-37)43-31-4-2-3-23(35-31)20-42-29-8-5-21(17-34)15-26(29)33/h2-8,15-16,24-25H,9-14,18-20H2,1H3/t25-/m0/s1. The van der Waals surface area contributed by atoms with Gasteiger partial charge in [-0.3, -0.25) is 4.90 Å². The Morgan fingerprint density at radius 3 is 2.67 bits per heavy atom. The summed E-state index contributed by atoms with van der Waals surface area (Å²) in [5.74, 6) is 0.558. The minimum Gasteiger partial charge on any atom is -0.484 e. The Bertz CT molecular complexity index is 1660. The quantitative estimate of drug-likeness (QED) is 0.246. The van der Waals surface area contributed by atoms with Crippen LogP contribution >= 0.6 is 0 Å². The zero-order valence-corrected chi connectivity index (χ0v) is 23.9. The molecule has 0 unspecified atom stereocenters. The fourth-order valence-corrected chi connectivity index (χ4v) is 5.37. The first-order valence-corrected chi connectivity index (χ1v) is 14.4. The number of esters is 1. The number of ether oxygens (including phenoxy) is 4. The van der Waals surface area contributed by atoms with E-state index in [1.807, 2.05) is 30.3 Å². The highest BCUT2D eigenvalue weighted by Gasteiger charge is 2.26. The first-order valence-electron chi connectivity index (χ1n) is 14.4. The number of imidazole rings is 1. The van der Waals surface area contributed by atoms with Crippen molar-refractivity contribution in [2.24, 2.45) is 0 Å². The summed E-state index contributed by atoms with van der Waals surface area (Å²) in [6, 6.07) is 16.9. The molecule has 6 rings (SSSR count). The average molecular weight is 586 g/mol. The van der Waals surface area contributed by atoms with Crippen LogP contribution in [0.2, 0.25) is 0 Å². The summed E-state index contributed by atoms with van der Waals surface area (Å²) < 4.78 is 38.8. The number of pyridine rings is 1. The number of benzene rings is 2. The van der Waals surface area contributed by atoms with Gasteiger partial charge in [-0.2, -0.15) is 5.26 Å². The SMILES string of the molecule is COC(=O)c1ccc2nc(CN3CCC(Oc4cccc(COc5ccc(C#N)cc5F)n4)CC3)n(C[C@@H]3CCO3)c2c1. The molecule has 0 bridgehead atoms. The number of piperidine rings is 1. The predicted molar refractivity (Wildman–Crippen MR) is 154 cm³/mol. The zero-order chi connectivity index (χ0) is 29.8. The van der Waals surface area contributed by atoms with Gasteiger partial charge in [0.05, 0.1) is 60.2 Å². The van der Waals surface area contributed by atoms with Crippen LogP contribution in [-0.4, -0.2) is 64.4 Å². The second-order valence-corrected chi connectivity index (χ2v) is 10.7. The van der Waals surface area contributed by atoms with Crippen molar-refractivity contribution >= 4 is 17.0 Å². The zero-order valence-electron chi connectivity index (χ0n) is 23.9. The molecule has 0 N–H and O–H groups in total. The Labute approximate surface area is 248 Å². The Balaban J connectivity index is 1.06. The second kappa shape index (κ2) is 12.8. The van der Waals surface area contributed by atoms with E-state index in [4.69, 9.17) is 29.2 Å². The number of nitrogens with zero attached hydrogens (tertiary/aromatic N) is 5. The van der Waals surface area contributed by atoms with Crippen LogP contribution in [0.4, 0.5) is 4.39 Å². The molecule has 0 amide bonds. The highest BCUT2D eigenvalue weighted by molar-refractivity contribution is 5.93. The molecule has 11 heteroatoms. The maximum Gasteiger partial charge on any atom is 0.337 e. The maximum atomic E-state index is 14.2. The maximum absolute atomic E-state index is 14.2. The summed E-state index contributed by atoms with van der Waals surface area (Å²) in [5, 5.41) is 8.91. The van der Waals surface area contributed by atoms with E-state index in [1.54, 1.807) is 12.1 Å². The Kier molecular flexibility index (Phi) is 8.49. The van der Waals surface area contributed by atoms with Gasteiger partial charge in [0.1, 0.15) is 18.5 Å². The van der Waals surface area contributed by atoms with Crippen LogP contribution in [0.3, 0.4) is 0 Å². The molecule has 2 aliphatic rings. The molecule has 0 radical (unpaired) electrons. The van der Waals surface area contributed by atoms with Crippen molar-refractivity contribution in [1.82, 2.24) is 19.4 Å². The molecule has 0 aliphatic carbocycles. The van der Waals surface area contributed by atoms with Crippen LogP contribution in [0.15, 0.2) is 54.6 Å². The molecule has 10 nitrogen and oxygen atoms in total. The normalized spacial score (nSPS) is 17.3. The highest BCUT2D eigenvalue weighted by Crippen LogP contribution is 2.25. The molecular weight excluding hydrogens is 553 g/mol. The van der Waals surface area contributed by atoms with Crippen molar-refractivity contribution in [3.8, 4) is 17.7 Å². The van der Waals surface area contributed by atoms with E-state index in [1.165, 1.54) is 19.2 Å². The van der Waals surface area contributed by atoms with Gasteiger partial charge in [0.15, 0.2) is 11.6 Å². The van der Waals surface area contributed by atoms with Crippen molar-refractivity contribution in [2.45, 2.75) is 51.2 Å². The molecule has 4 aromatic rings. The summed E-state index contributed by atoms with van der Waals surface area (Å²) in [7, 11) is 1.38. The summed E-state index contributed by atoms with van der Waals surface area (Å²) in [4.78, 5) is 24.0. The largest absolute Gasteiger partial charge is 0.484 e. The van der Waals surface area contributed by atoms with E-state index in [0.717, 1.165) is 61.9 Å². The predicted octanol–water partition coefficient (Wildman–Crippen LogP) is 4.64. The minimum atomic E-state index is -0.587. The number of carbonyl (C=O) groups excluding carboxylic acids is 1. The van der Waals surface area contributed by atoms with Gasteiger partial charge in [-0.25, -0.2) is 19.2 Å². The number of carbonyl (C=O) groups is 1. The molecule has 2 aromatic heterocycles. The highest BCUT2D eigenvalue weighted by atomic mass is 19.1. The molecule has 0 saturated carbocycles. The van der Waals surface area contributed by atoms with E-state index < -0.39 is 5.82 Å². The van der Waals surface area contributed by atoms with Gasteiger partial charge in [-0.05, 0) is 61.7 Å². The number of hydrogen-bond acceptors (Lipinski definition) is 9. The molecule has 0 spiro atoms. The van der Waals surface area contributed by atoms with Gasteiger partial charge < -0.3 is 23.5 Å². The summed E-state index contributed by atoms with van der Waals surface area (Å²) in [6.45, 7) is 3.89. The third kappa shape index (κ3) is 6.61. The molecular formula is C32H32FN5O5. The van der Waals surface area contributed by atoms with Gasteiger partial charge in [0, 0.05) is 25.8 Å². The van der Waals surface area contributed by atoms with Crippen LogP contribution in [0, 0.1) is 17.1 Å². The molecule has 4 heterocycles. The number of methoxy groups -OCH3 is 1. The van der Waals surface area contributed by atoms with Crippen LogP contribution in [0.1, 0.15) is 46.7 Å². The van der Waals surface area contributed by atoms with Crippen LogP contribution in [0.25, 0.3) is 11.0 Å². The summed E-state index contributed by atoms with van der Waals surface area (Å²) in [5.41, 5.74) is 3.10. The van der Waals surface area contributed by atoms with Crippen LogP contribution in [0.5, 0.6) is 11.6 Å². The average Bonchev–Trinajstić information content (AvgIpc) is 3.34. The van der Waals surface area contributed by atoms with Gasteiger partial charge in [0.25, 0.3) is 0 Å². The number of aromatic nitrogens is 3. The molecule has 43 heavy (non-hydrogen) atoms.